The van der Waals surface area contributed by atoms with Crippen molar-refractivity contribution in [3.63, 3.8) is 0 Å². The van der Waals surface area contributed by atoms with E-state index in [0.717, 1.165) is 6.42 Å². The molecule has 1 aliphatic rings. The molecular weight excluding hydrogens is 340 g/mol. The molecule has 8 nitrogen and oxygen atoms in total. The summed E-state index contributed by atoms with van der Waals surface area (Å²) in [6, 6.07) is 4.65. The maximum atomic E-state index is 12.6. The van der Waals surface area contributed by atoms with Gasteiger partial charge in [-0.3, -0.25) is 9.59 Å². The van der Waals surface area contributed by atoms with Gasteiger partial charge in [0.1, 0.15) is 6.10 Å². The van der Waals surface area contributed by atoms with Crippen molar-refractivity contribution in [2.75, 3.05) is 27.9 Å². The predicted molar refractivity (Wildman–Crippen MR) is 94.0 cm³/mol. The highest BCUT2D eigenvalue weighted by Gasteiger charge is 2.32. The van der Waals surface area contributed by atoms with Crippen LogP contribution in [-0.4, -0.2) is 52.0 Å². The van der Waals surface area contributed by atoms with E-state index in [4.69, 9.17) is 24.7 Å². The number of rotatable bonds is 8. The number of carbonyl (C=O) groups is 2. The minimum atomic E-state index is -0.574. The van der Waals surface area contributed by atoms with Gasteiger partial charge in [0.25, 0.3) is 0 Å². The van der Waals surface area contributed by atoms with Crippen molar-refractivity contribution in [2.45, 2.75) is 37.5 Å². The Labute approximate surface area is 152 Å². The largest absolute Gasteiger partial charge is 0.493 e. The van der Waals surface area contributed by atoms with Gasteiger partial charge in [0.05, 0.1) is 39.9 Å². The highest BCUT2D eigenvalue weighted by atomic mass is 16.5. The van der Waals surface area contributed by atoms with Crippen molar-refractivity contribution in [1.29, 1.82) is 0 Å². The van der Waals surface area contributed by atoms with Gasteiger partial charge >= 0.3 is 5.97 Å². The average molecular weight is 366 g/mol. The Morgan fingerprint density at radius 1 is 1.23 bits per heavy atom. The molecule has 2 rings (SSSR count). The highest BCUT2D eigenvalue weighted by molar-refractivity contribution is 5.82. The van der Waals surface area contributed by atoms with Gasteiger partial charge in [-0.25, -0.2) is 0 Å². The summed E-state index contributed by atoms with van der Waals surface area (Å²) in [6.45, 7) is 0.380. The van der Waals surface area contributed by atoms with Crippen LogP contribution in [0.4, 0.5) is 0 Å². The SMILES string of the molecule is COC(=O)CC(NC(=O)[C@@H]1CC[C@H](CN)O1)c1ccc(OC)c(OC)c1. The fraction of sp³-hybridized carbons (Fsp3) is 0.556. The van der Waals surface area contributed by atoms with Crippen LogP contribution < -0.4 is 20.5 Å². The fourth-order valence-corrected chi connectivity index (χ4v) is 2.91. The number of amides is 1. The summed E-state index contributed by atoms with van der Waals surface area (Å²) >= 11 is 0. The lowest BCUT2D eigenvalue weighted by Gasteiger charge is -2.21. The van der Waals surface area contributed by atoms with E-state index in [-0.39, 0.29) is 18.4 Å². The summed E-state index contributed by atoms with van der Waals surface area (Å²) in [5.41, 5.74) is 6.29. The van der Waals surface area contributed by atoms with Crippen molar-refractivity contribution in [3.8, 4) is 11.5 Å². The van der Waals surface area contributed by atoms with Gasteiger partial charge in [0.2, 0.25) is 5.91 Å². The maximum absolute atomic E-state index is 12.6. The van der Waals surface area contributed by atoms with Crippen molar-refractivity contribution in [3.05, 3.63) is 23.8 Å². The van der Waals surface area contributed by atoms with Gasteiger partial charge in [-0.15, -0.1) is 0 Å². The molecule has 1 amide bonds. The Hall–Kier alpha value is -2.32. The van der Waals surface area contributed by atoms with Gasteiger partial charge in [-0.05, 0) is 30.5 Å². The monoisotopic (exact) mass is 366 g/mol. The molecule has 0 radical (unpaired) electrons. The van der Waals surface area contributed by atoms with E-state index in [1.165, 1.54) is 21.3 Å². The van der Waals surface area contributed by atoms with Gasteiger partial charge < -0.3 is 30.0 Å². The van der Waals surface area contributed by atoms with Crippen LogP contribution in [0.1, 0.15) is 30.9 Å². The van der Waals surface area contributed by atoms with E-state index < -0.39 is 18.1 Å². The number of carbonyl (C=O) groups excluding carboxylic acids is 2. The number of esters is 1. The third-order valence-electron chi connectivity index (χ3n) is 4.39. The molecule has 3 N–H and O–H groups in total. The number of nitrogens with two attached hydrogens (primary N) is 1. The summed E-state index contributed by atoms with van der Waals surface area (Å²) in [6.07, 6.45) is 0.664. The summed E-state index contributed by atoms with van der Waals surface area (Å²) in [5.74, 6) is 0.362. The summed E-state index contributed by atoms with van der Waals surface area (Å²) in [5, 5.41) is 2.87. The molecule has 1 aromatic carbocycles. The van der Waals surface area contributed by atoms with Crippen LogP contribution in [0.5, 0.6) is 11.5 Å². The number of hydrogen-bond acceptors (Lipinski definition) is 7. The lowest BCUT2D eigenvalue weighted by molar-refractivity contribution is -0.141. The molecule has 3 atom stereocenters. The third kappa shape index (κ3) is 4.86. The average Bonchev–Trinajstić information content (AvgIpc) is 3.16. The van der Waals surface area contributed by atoms with Crippen molar-refractivity contribution < 1.29 is 28.5 Å². The third-order valence-corrected chi connectivity index (χ3v) is 4.39. The zero-order chi connectivity index (χ0) is 19.1. The Kier molecular flexibility index (Phi) is 7.23. The Bertz CT molecular complexity index is 636. The van der Waals surface area contributed by atoms with E-state index in [9.17, 15) is 9.59 Å². The van der Waals surface area contributed by atoms with Crippen LogP contribution in [0.3, 0.4) is 0 Å². The van der Waals surface area contributed by atoms with Crippen LogP contribution in [0, 0.1) is 0 Å². The standard InChI is InChI=1S/C18H26N2O6/c1-23-14-6-4-11(8-16(14)24-2)13(9-17(21)25-3)20-18(22)15-7-5-12(10-19)26-15/h4,6,8,12-13,15H,5,7,9-10,19H2,1-3H3,(H,20,22)/t12-,13?,15+/m1/s1. The highest BCUT2D eigenvalue weighted by Crippen LogP contribution is 2.31. The van der Waals surface area contributed by atoms with Gasteiger partial charge in [0.15, 0.2) is 11.5 Å². The minimum Gasteiger partial charge on any atom is -0.493 e. The summed E-state index contributed by atoms with van der Waals surface area (Å²) in [7, 11) is 4.37. The predicted octanol–water partition coefficient (Wildman–Crippen LogP) is 0.931. The van der Waals surface area contributed by atoms with Gasteiger partial charge in [-0.2, -0.15) is 0 Å². The first kappa shape index (κ1) is 20.0. The summed E-state index contributed by atoms with van der Waals surface area (Å²) < 4.78 is 20.9. The minimum absolute atomic E-state index is 0.00917. The first-order chi connectivity index (χ1) is 12.5. The molecule has 0 spiro atoms. The normalized spacial score (nSPS) is 20.3. The zero-order valence-electron chi connectivity index (χ0n) is 15.3. The molecule has 8 heteroatoms. The number of nitrogens with one attached hydrogen (secondary N) is 1. The van der Waals surface area contributed by atoms with E-state index in [2.05, 4.69) is 5.32 Å². The van der Waals surface area contributed by atoms with Crippen LogP contribution in [0.15, 0.2) is 18.2 Å². The number of ether oxygens (including phenoxy) is 4. The first-order valence-electron chi connectivity index (χ1n) is 8.47. The molecule has 0 aromatic heterocycles. The quantitative estimate of drug-likeness (QED) is 0.659. The molecule has 1 fully saturated rings. The molecule has 144 valence electrons. The van der Waals surface area contributed by atoms with E-state index in [0.29, 0.717) is 30.0 Å². The zero-order valence-corrected chi connectivity index (χ0v) is 15.3. The second-order valence-corrected chi connectivity index (χ2v) is 6.02. The topological polar surface area (TPSA) is 109 Å². The molecule has 1 heterocycles. The Balaban J connectivity index is 2.18. The molecule has 1 aliphatic heterocycles. The van der Waals surface area contributed by atoms with Crippen molar-refractivity contribution in [2.24, 2.45) is 5.73 Å². The van der Waals surface area contributed by atoms with Crippen LogP contribution in [-0.2, 0) is 19.1 Å². The molecule has 26 heavy (non-hydrogen) atoms. The van der Waals surface area contributed by atoms with Crippen LogP contribution in [0.2, 0.25) is 0 Å². The number of hydrogen-bond donors (Lipinski definition) is 2. The van der Waals surface area contributed by atoms with Crippen molar-refractivity contribution >= 4 is 11.9 Å². The number of methoxy groups -OCH3 is 3. The lowest BCUT2D eigenvalue weighted by atomic mass is 10.0. The second-order valence-electron chi connectivity index (χ2n) is 6.02. The fourth-order valence-electron chi connectivity index (χ4n) is 2.91. The number of benzene rings is 1. The molecule has 0 saturated carbocycles. The van der Waals surface area contributed by atoms with Gasteiger partial charge in [-0.1, -0.05) is 6.07 Å². The van der Waals surface area contributed by atoms with Crippen LogP contribution >= 0.6 is 0 Å². The van der Waals surface area contributed by atoms with E-state index in [1.54, 1.807) is 18.2 Å². The first-order valence-corrected chi connectivity index (χ1v) is 8.47. The molecule has 0 bridgehead atoms. The van der Waals surface area contributed by atoms with E-state index in [1.807, 2.05) is 0 Å². The molecule has 1 unspecified atom stereocenters. The molecule has 1 saturated heterocycles. The second kappa shape index (κ2) is 9.40. The Morgan fingerprint density at radius 3 is 2.54 bits per heavy atom. The molecular formula is C18H26N2O6. The van der Waals surface area contributed by atoms with E-state index >= 15 is 0 Å². The maximum Gasteiger partial charge on any atom is 0.307 e. The summed E-state index contributed by atoms with van der Waals surface area (Å²) in [4.78, 5) is 24.3. The smallest absolute Gasteiger partial charge is 0.307 e. The van der Waals surface area contributed by atoms with Gasteiger partial charge in [0, 0.05) is 6.54 Å². The lowest BCUT2D eigenvalue weighted by Crippen LogP contribution is -2.38. The molecule has 0 aliphatic carbocycles. The van der Waals surface area contributed by atoms with Crippen LogP contribution in [0.25, 0.3) is 0 Å². The molecule has 1 aromatic rings. The Morgan fingerprint density at radius 2 is 1.96 bits per heavy atom. The van der Waals surface area contributed by atoms with Crippen molar-refractivity contribution in [1.82, 2.24) is 5.32 Å².